The van der Waals surface area contributed by atoms with Crippen molar-refractivity contribution in [2.24, 2.45) is 0 Å². The van der Waals surface area contributed by atoms with Crippen LogP contribution in [0.25, 0.3) is 0 Å². The van der Waals surface area contributed by atoms with Crippen LogP contribution in [-0.2, 0) is 9.53 Å². The molecule has 4 N–H and O–H groups in total. The van der Waals surface area contributed by atoms with E-state index >= 15 is 0 Å². The topological polar surface area (TPSA) is 141 Å². The SMILES string of the molecule is CC1(O)CC(=O)OC2(O)C3=C(CCC2(O)C1)C(=O)c1c(O)cccc1C3=O. The van der Waals surface area contributed by atoms with E-state index in [1.165, 1.54) is 25.1 Å². The summed E-state index contributed by atoms with van der Waals surface area (Å²) in [5.74, 6) is -5.63. The number of aromatic hydroxyl groups is 1. The van der Waals surface area contributed by atoms with Gasteiger partial charge in [0.2, 0.25) is 0 Å². The molecule has 1 aromatic rings. The summed E-state index contributed by atoms with van der Waals surface area (Å²) in [6.45, 7) is 1.32. The number of allylic oxidation sites excluding steroid dienone is 1. The van der Waals surface area contributed by atoms with Crippen LogP contribution in [-0.4, -0.2) is 55.0 Å². The maximum atomic E-state index is 13.1. The Hall–Kier alpha value is -2.55. The van der Waals surface area contributed by atoms with Crippen molar-refractivity contribution in [1.29, 1.82) is 0 Å². The van der Waals surface area contributed by atoms with Gasteiger partial charge in [-0.15, -0.1) is 0 Å². The zero-order valence-corrected chi connectivity index (χ0v) is 14.5. The number of benzene rings is 1. The number of fused-ring (bicyclic) bond motifs is 3. The number of aliphatic hydroxyl groups is 3. The van der Waals surface area contributed by atoms with Gasteiger partial charge in [0.05, 0.1) is 23.2 Å². The molecule has 142 valence electrons. The average molecular weight is 374 g/mol. The maximum Gasteiger partial charge on any atom is 0.311 e. The highest BCUT2D eigenvalue weighted by Gasteiger charge is 2.65. The molecule has 4 rings (SSSR count). The first-order valence-electron chi connectivity index (χ1n) is 8.53. The van der Waals surface area contributed by atoms with E-state index in [2.05, 4.69) is 0 Å². The van der Waals surface area contributed by atoms with Crippen LogP contribution in [0.3, 0.4) is 0 Å². The third-order valence-electron chi connectivity index (χ3n) is 5.54. The van der Waals surface area contributed by atoms with Gasteiger partial charge in [-0.05, 0) is 25.8 Å². The summed E-state index contributed by atoms with van der Waals surface area (Å²) in [7, 11) is 0. The first kappa shape index (κ1) is 17.8. The molecular formula is C19H18O8. The van der Waals surface area contributed by atoms with Gasteiger partial charge in [0.25, 0.3) is 5.79 Å². The molecule has 27 heavy (non-hydrogen) atoms. The van der Waals surface area contributed by atoms with Crippen LogP contribution in [0, 0.1) is 0 Å². The Balaban J connectivity index is 1.96. The molecule has 8 heteroatoms. The third kappa shape index (κ3) is 2.30. The molecule has 0 saturated carbocycles. The highest BCUT2D eigenvalue weighted by Crippen LogP contribution is 2.51. The Morgan fingerprint density at radius 1 is 1.07 bits per heavy atom. The number of ketones is 2. The fourth-order valence-corrected chi connectivity index (χ4v) is 4.39. The number of phenols is 1. The second-order valence-corrected chi connectivity index (χ2v) is 7.71. The smallest absolute Gasteiger partial charge is 0.311 e. The number of carbonyl (C=O) groups is 3. The van der Waals surface area contributed by atoms with Gasteiger partial charge < -0.3 is 25.2 Å². The Morgan fingerprint density at radius 3 is 2.48 bits per heavy atom. The second kappa shape index (κ2) is 5.25. The van der Waals surface area contributed by atoms with Gasteiger partial charge in [-0.25, -0.2) is 0 Å². The van der Waals surface area contributed by atoms with Crippen LogP contribution in [0.15, 0.2) is 29.3 Å². The summed E-state index contributed by atoms with van der Waals surface area (Å²) in [5.41, 5.74) is -4.76. The van der Waals surface area contributed by atoms with Crippen molar-refractivity contribution in [3.05, 3.63) is 40.5 Å². The molecule has 8 nitrogen and oxygen atoms in total. The molecule has 3 unspecified atom stereocenters. The zero-order chi connectivity index (χ0) is 19.8. The number of esters is 1. The standard InChI is InChI=1S/C19H18O8/c1-17(24)7-12(21)27-19(26)14-10(5-6-18(19,25)8-17)15(22)13-9(16(14)23)3-2-4-11(13)20/h2-4,20,24-26H,5-8H2,1H3. The second-order valence-electron chi connectivity index (χ2n) is 7.71. The minimum absolute atomic E-state index is 0.0832. The molecule has 3 atom stereocenters. The van der Waals surface area contributed by atoms with Gasteiger partial charge in [-0.1, -0.05) is 12.1 Å². The minimum Gasteiger partial charge on any atom is -0.507 e. The lowest BCUT2D eigenvalue weighted by Crippen LogP contribution is -2.62. The van der Waals surface area contributed by atoms with Crippen molar-refractivity contribution < 1.29 is 39.5 Å². The Labute approximate surface area is 153 Å². The van der Waals surface area contributed by atoms with Crippen LogP contribution in [0.5, 0.6) is 5.75 Å². The van der Waals surface area contributed by atoms with Gasteiger partial charge in [0.1, 0.15) is 11.4 Å². The van der Waals surface area contributed by atoms with E-state index in [0.29, 0.717) is 0 Å². The summed E-state index contributed by atoms with van der Waals surface area (Å²) < 4.78 is 5.09. The van der Waals surface area contributed by atoms with Crippen molar-refractivity contribution in [2.75, 3.05) is 0 Å². The molecule has 1 aliphatic heterocycles. The monoisotopic (exact) mass is 374 g/mol. The van der Waals surface area contributed by atoms with Crippen molar-refractivity contribution in [2.45, 2.75) is 49.6 Å². The van der Waals surface area contributed by atoms with Gasteiger partial charge in [0.15, 0.2) is 11.6 Å². The third-order valence-corrected chi connectivity index (χ3v) is 5.54. The predicted molar refractivity (Wildman–Crippen MR) is 88.9 cm³/mol. The van der Waals surface area contributed by atoms with E-state index in [1.54, 1.807) is 0 Å². The number of Topliss-reactive ketones (excluding diaryl/α,β-unsaturated/α-hetero) is 2. The lowest BCUT2D eigenvalue weighted by molar-refractivity contribution is -0.268. The fraction of sp³-hybridized carbons (Fsp3) is 0.421. The molecule has 0 bridgehead atoms. The molecule has 1 heterocycles. The molecule has 3 aliphatic rings. The van der Waals surface area contributed by atoms with Gasteiger partial charge in [-0.3, -0.25) is 14.4 Å². The van der Waals surface area contributed by atoms with Crippen LogP contribution in [0.1, 0.15) is 53.3 Å². The highest BCUT2D eigenvalue weighted by atomic mass is 16.7. The van der Waals surface area contributed by atoms with E-state index in [4.69, 9.17) is 4.74 Å². The van der Waals surface area contributed by atoms with Crippen molar-refractivity contribution in [1.82, 2.24) is 0 Å². The fourth-order valence-electron chi connectivity index (χ4n) is 4.39. The van der Waals surface area contributed by atoms with Gasteiger partial charge >= 0.3 is 5.97 Å². The normalized spacial score (nSPS) is 35.8. The van der Waals surface area contributed by atoms with Crippen molar-refractivity contribution in [3.8, 4) is 5.75 Å². The Kier molecular flexibility index (Phi) is 3.47. The lowest BCUT2D eigenvalue weighted by atomic mass is 9.65. The van der Waals surface area contributed by atoms with Crippen LogP contribution in [0.2, 0.25) is 0 Å². The summed E-state index contributed by atoms with van der Waals surface area (Å²) in [5, 5.41) is 42.7. The quantitative estimate of drug-likeness (QED) is 0.477. The molecule has 0 radical (unpaired) electrons. The first-order chi connectivity index (χ1) is 12.5. The molecular weight excluding hydrogens is 356 g/mol. The van der Waals surface area contributed by atoms with Crippen LogP contribution >= 0.6 is 0 Å². The zero-order valence-electron chi connectivity index (χ0n) is 14.5. The average Bonchev–Trinajstić information content (AvgIpc) is 2.60. The van der Waals surface area contributed by atoms with Crippen molar-refractivity contribution >= 4 is 17.5 Å². The number of ether oxygens (including phenoxy) is 1. The first-order valence-corrected chi connectivity index (χ1v) is 8.53. The number of hydrogen-bond acceptors (Lipinski definition) is 8. The molecule has 0 amide bonds. The number of phenolic OH excluding ortho intramolecular Hbond substituents is 1. The molecule has 0 aromatic heterocycles. The van der Waals surface area contributed by atoms with Crippen LogP contribution < -0.4 is 0 Å². The minimum atomic E-state index is -2.77. The largest absolute Gasteiger partial charge is 0.507 e. The number of rotatable bonds is 0. The van der Waals surface area contributed by atoms with E-state index < -0.39 is 52.9 Å². The van der Waals surface area contributed by atoms with Gasteiger partial charge in [-0.2, -0.15) is 0 Å². The Morgan fingerprint density at radius 2 is 1.78 bits per heavy atom. The number of carbonyl (C=O) groups excluding carboxylic acids is 3. The molecule has 1 fully saturated rings. The molecule has 2 aliphatic carbocycles. The van der Waals surface area contributed by atoms with E-state index in [9.17, 15) is 34.8 Å². The summed E-state index contributed by atoms with van der Waals surface area (Å²) in [6, 6.07) is 3.95. The van der Waals surface area contributed by atoms with Gasteiger partial charge in [0, 0.05) is 17.6 Å². The summed E-state index contributed by atoms with van der Waals surface area (Å²) >= 11 is 0. The van der Waals surface area contributed by atoms with E-state index in [0.717, 1.165) is 0 Å². The predicted octanol–water partition coefficient (Wildman–Crippen LogP) is 0.369. The summed E-state index contributed by atoms with van der Waals surface area (Å²) in [4.78, 5) is 38.1. The van der Waals surface area contributed by atoms with E-state index in [-0.39, 0.29) is 35.3 Å². The van der Waals surface area contributed by atoms with Crippen LogP contribution in [0.4, 0.5) is 0 Å². The van der Waals surface area contributed by atoms with Crippen molar-refractivity contribution in [3.63, 3.8) is 0 Å². The Bertz CT molecular complexity index is 943. The molecule has 0 spiro atoms. The lowest BCUT2D eigenvalue weighted by Gasteiger charge is -2.47. The van der Waals surface area contributed by atoms with E-state index in [1.807, 2.05) is 0 Å². The maximum absolute atomic E-state index is 13.1. The molecule has 1 saturated heterocycles. The summed E-state index contributed by atoms with van der Waals surface area (Å²) in [6.07, 6.45) is -1.21. The number of hydrogen-bond donors (Lipinski definition) is 4. The highest BCUT2D eigenvalue weighted by molar-refractivity contribution is 6.28. The molecule has 1 aromatic carbocycles.